The molecule has 0 saturated heterocycles. The number of hydrogen-bond donors (Lipinski definition) is 2. The Bertz CT molecular complexity index is 357. The second kappa shape index (κ2) is 6.40. The first-order chi connectivity index (χ1) is 8.02. The summed E-state index contributed by atoms with van der Waals surface area (Å²) in [4.78, 5) is 11.2. The molecule has 0 aromatic heterocycles. The molecule has 1 amide bonds. The van der Waals surface area contributed by atoms with Crippen LogP contribution in [0.25, 0.3) is 0 Å². The summed E-state index contributed by atoms with van der Waals surface area (Å²) in [5.41, 5.74) is 7.71. The molecule has 0 bridgehead atoms. The molecule has 0 saturated carbocycles. The third-order valence-corrected chi connectivity index (χ3v) is 2.69. The van der Waals surface area contributed by atoms with Crippen molar-refractivity contribution in [2.45, 2.75) is 33.2 Å². The van der Waals surface area contributed by atoms with Gasteiger partial charge < -0.3 is 11.1 Å². The lowest BCUT2D eigenvalue weighted by atomic mass is 10.00. The van der Waals surface area contributed by atoms with Gasteiger partial charge >= 0.3 is 0 Å². The smallest absolute Gasteiger partial charge is 0.234 e. The van der Waals surface area contributed by atoms with Gasteiger partial charge in [0.05, 0.1) is 12.6 Å². The van der Waals surface area contributed by atoms with Crippen molar-refractivity contribution >= 4 is 5.91 Å². The molecule has 1 unspecified atom stereocenters. The molecular weight excluding hydrogens is 212 g/mol. The number of nitrogens with one attached hydrogen (secondary N) is 1. The molecule has 17 heavy (non-hydrogen) atoms. The fraction of sp³-hybridized carbons (Fsp3) is 0.500. The minimum Gasteiger partial charge on any atom is -0.348 e. The summed E-state index contributed by atoms with van der Waals surface area (Å²) in [5.74, 6) is 0.541. The Morgan fingerprint density at radius 2 is 1.82 bits per heavy atom. The number of rotatable bonds is 5. The van der Waals surface area contributed by atoms with Gasteiger partial charge in [0.25, 0.3) is 0 Å². The van der Waals surface area contributed by atoms with Crippen LogP contribution < -0.4 is 11.1 Å². The van der Waals surface area contributed by atoms with Crippen LogP contribution in [0.15, 0.2) is 24.3 Å². The number of carbonyl (C=O) groups excluding carboxylic acids is 1. The molecule has 0 aliphatic rings. The van der Waals surface area contributed by atoms with E-state index in [1.54, 1.807) is 0 Å². The van der Waals surface area contributed by atoms with Crippen molar-refractivity contribution in [1.29, 1.82) is 0 Å². The molecule has 0 radical (unpaired) electrons. The maximum absolute atomic E-state index is 11.2. The molecule has 94 valence electrons. The van der Waals surface area contributed by atoms with E-state index in [9.17, 15) is 4.79 Å². The van der Waals surface area contributed by atoms with Crippen molar-refractivity contribution in [2.75, 3.05) is 6.54 Å². The molecule has 1 rings (SSSR count). The van der Waals surface area contributed by atoms with Crippen LogP contribution in [-0.4, -0.2) is 12.5 Å². The third kappa shape index (κ3) is 4.57. The maximum atomic E-state index is 11.2. The lowest BCUT2D eigenvalue weighted by Gasteiger charge is -2.14. The quantitative estimate of drug-likeness (QED) is 0.819. The van der Waals surface area contributed by atoms with Crippen LogP contribution in [0.3, 0.4) is 0 Å². The van der Waals surface area contributed by atoms with Crippen LogP contribution in [0.2, 0.25) is 0 Å². The largest absolute Gasteiger partial charge is 0.348 e. The van der Waals surface area contributed by atoms with Gasteiger partial charge in [0, 0.05) is 0 Å². The Morgan fingerprint density at radius 1 is 1.24 bits per heavy atom. The van der Waals surface area contributed by atoms with E-state index in [0.29, 0.717) is 5.92 Å². The van der Waals surface area contributed by atoms with Crippen LogP contribution in [-0.2, 0) is 11.2 Å². The standard InChI is InChI=1S/C14H22N2O/c1-10(2)8-12-4-6-13(7-5-12)11(3)16-14(17)9-15/h4-7,10-11H,8-9,15H2,1-3H3,(H,16,17). The molecule has 0 heterocycles. The van der Waals surface area contributed by atoms with Gasteiger partial charge in [-0.05, 0) is 30.4 Å². The van der Waals surface area contributed by atoms with Crippen LogP contribution in [0, 0.1) is 5.92 Å². The molecule has 0 aliphatic heterocycles. The molecule has 3 nitrogen and oxygen atoms in total. The van der Waals surface area contributed by atoms with E-state index in [0.717, 1.165) is 12.0 Å². The molecule has 0 spiro atoms. The molecule has 0 aliphatic carbocycles. The van der Waals surface area contributed by atoms with E-state index < -0.39 is 0 Å². The number of hydrogen-bond acceptors (Lipinski definition) is 2. The van der Waals surface area contributed by atoms with E-state index in [1.807, 2.05) is 6.92 Å². The minimum atomic E-state index is -0.122. The zero-order chi connectivity index (χ0) is 12.8. The van der Waals surface area contributed by atoms with Gasteiger partial charge in [-0.2, -0.15) is 0 Å². The molecule has 3 N–H and O–H groups in total. The molecular formula is C14H22N2O. The number of benzene rings is 1. The SMILES string of the molecule is CC(C)Cc1ccc(C(C)NC(=O)CN)cc1. The summed E-state index contributed by atoms with van der Waals surface area (Å²) < 4.78 is 0. The topological polar surface area (TPSA) is 55.1 Å². The van der Waals surface area contributed by atoms with Crippen LogP contribution in [0.4, 0.5) is 0 Å². The van der Waals surface area contributed by atoms with E-state index >= 15 is 0 Å². The van der Waals surface area contributed by atoms with Crippen molar-refractivity contribution in [2.24, 2.45) is 11.7 Å². The highest BCUT2D eigenvalue weighted by molar-refractivity contribution is 5.78. The number of nitrogens with two attached hydrogens (primary N) is 1. The van der Waals surface area contributed by atoms with Crippen molar-refractivity contribution in [3.05, 3.63) is 35.4 Å². The van der Waals surface area contributed by atoms with Crippen molar-refractivity contribution < 1.29 is 4.79 Å². The fourth-order valence-corrected chi connectivity index (χ4v) is 1.80. The Labute approximate surface area is 103 Å². The van der Waals surface area contributed by atoms with Gasteiger partial charge in [0.2, 0.25) is 5.91 Å². The van der Waals surface area contributed by atoms with Crippen molar-refractivity contribution in [3.8, 4) is 0 Å². The summed E-state index contributed by atoms with van der Waals surface area (Å²) in [5, 5.41) is 2.84. The molecule has 1 aromatic carbocycles. The van der Waals surface area contributed by atoms with Gasteiger partial charge in [0.15, 0.2) is 0 Å². The second-order valence-electron chi connectivity index (χ2n) is 4.83. The maximum Gasteiger partial charge on any atom is 0.234 e. The summed E-state index contributed by atoms with van der Waals surface area (Å²) >= 11 is 0. The Hall–Kier alpha value is -1.35. The highest BCUT2D eigenvalue weighted by Crippen LogP contribution is 2.15. The average Bonchev–Trinajstić information content (AvgIpc) is 2.28. The van der Waals surface area contributed by atoms with Crippen molar-refractivity contribution in [1.82, 2.24) is 5.32 Å². The van der Waals surface area contributed by atoms with Crippen LogP contribution in [0.5, 0.6) is 0 Å². The Kier molecular flexibility index (Phi) is 5.16. The van der Waals surface area contributed by atoms with E-state index in [4.69, 9.17) is 5.73 Å². The predicted octanol–water partition coefficient (Wildman–Crippen LogP) is 2.02. The normalized spacial score (nSPS) is 12.5. The lowest BCUT2D eigenvalue weighted by molar-refractivity contribution is -0.120. The molecule has 0 fully saturated rings. The Morgan fingerprint density at radius 3 is 2.29 bits per heavy atom. The van der Waals surface area contributed by atoms with Gasteiger partial charge in [-0.15, -0.1) is 0 Å². The Balaban J connectivity index is 2.63. The number of carbonyl (C=O) groups is 1. The van der Waals surface area contributed by atoms with Gasteiger partial charge in [-0.3, -0.25) is 4.79 Å². The van der Waals surface area contributed by atoms with E-state index in [2.05, 4.69) is 43.4 Å². The fourth-order valence-electron chi connectivity index (χ4n) is 1.80. The van der Waals surface area contributed by atoms with E-state index in [-0.39, 0.29) is 18.5 Å². The summed E-state index contributed by atoms with van der Waals surface area (Å²) in [6.45, 7) is 6.41. The minimum absolute atomic E-state index is 0.0131. The summed E-state index contributed by atoms with van der Waals surface area (Å²) in [6, 6.07) is 8.40. The summed E-state index contributed by atoms with van der Waals surface area (Å²) in [7, 11) is 0. The lowest BCUT2D eigenvalue weighted by Crippen LogP contribution is -2.32. The van der Waals surface area contributed by atoms with Gasteiger partial charge in [-0.25, -0.2) is 0 Å². The molecule has 3 heteroatoms. The highest BCUT2D eigenvalue weighted by Gasteiger charge is 2.08. The first-order valence-electron chi connectivity index (χ1n) is 6.11. The van der Waals surface area contributed by atoms with Gasteiger partial charge in [-0.1, -0.05) is 38.1 Å². The van der Waals surface area contributed by atoms with Gasteiger partial charge in [0.1, 0.15) is 0 Å². The molecule has 1 aromatic rings. The first-order valence-corrected chi connectivity index (χ1v) is 6.11. The average molecular weight is 234 g/mol. The second-order valence-corrected chi connectivity index (χ2v) is 4.83. The predicted molar refractivity (Wildman–Crippen MR) is 70.6 cm³/mol. The molecule has 1 atom stereocenters. The third-order valence-electron chi connectivity index (χ3n) is 2.69. The first kappa shape index (κ1) is 13.7. The zero-order valence-electron chi connectivity index (χ0n) is 10.9. The monoisotopic (exact) mass is 234 g/mol. The van der Waals surface area contributed by atoms with E-state index in [1.165, 1.54) is 5.56 Å². The van der Waals surface area contributed by atoms with Crippen molar-refractivity contribution in [3.63, 3.8) is 0 Å². The highest BCUT2D eigenvalue weighted by atomic mass is 16.1. The zero-order valence-corrected chi connectivity index (χ0v) is 10.9. The van der Waals surface area contributed by atoms with Crippen LogP contribution >= 0.6 is 0 Å². The van der Waals surface area contributed by atoms with Crippen LogP contribution in [0.1, 0.15) is 37.9 Å². The summed E-state index contributed by atoms with van der Waals surface area (Å²) in [6.07, 6.45) is 1.09. The number of amides is 1.